The zero-order chi connectivity index (χ0) is 23.7. The number of anilines is 1. The quantitative estimate of drug-likeness (QED) is 0.417. The molecular weight excluding hydrogens is 436 g/mol. The first-order valence-electron chi connectivity index (χ1n) is 11.8. The SMILES string of the molecule is CCCOc1ccc(OCCOC(=O)C23CCC(=O)N2c2ccccc2C(=O)N3C2CC2)cc1. The molecule has 1 aliphatic carbocycles. The van der Waals surface area contributed by atoms with Gasteiger partial charge in [-0.25, -0.2) is 4.79 Å². The third kappa shape index (κ3) is 3.77. The number of fused-ring (bicyclic) bond motifs is 3. The van der Waals surface area contributed by atoms with E-state index in [-0.39, 0.29) is 43.9 Å². The van der Waals surface area contributed by atoms with E-state index in [1.165, 1.54) is 4.90 Å². The van der Waals surface area contributed by atoms with Crippen LogP contribution in [0.5, 0.6) is 11.5 Å². The number of hydrogen-bond acceptors (Lipinski definition) is 6. The summed E-state index contributed by atoms with van der Waals surface area (Å²) in [5, 5.41) is 0. The molecule has 3 aliphatic rings. The molecule has 8 nitrogen and oxygen atoms in total. The molecule has 1 atom stereocenters. The first-order chi connectivity index (χ1) is 16.6. The molecule has 1 unspecified atom stereocenters. The topological polar surface area (TPSA) is 85.4 Å². The summed E-state index contributed by atoms with van der Waals surface area (Å²) in [5.41, 5.74) is -0.504. The summed E-state index contributed by atoms with van der Waals surface area (Å²) >= 11 is 0. The van der Waals surface area contributed by atoms with Gasteiger partial charge < -0.3 is 19.1 Å². The maximum Gasteiger partial charge on any atom is 0.353 e. The number of para-hydroxylation sites is 1. The maximum atomic E-state index is 13.5. The van der Waals surface area contributed by atoms with Gasteiger partial charge in [-0.2, -0.15) is 0 Å². The molecule has 5 rings (SSSR count). The highest BCUT2D eigenvalue weighted by molar-refractivity contribution is 6.15. The second-order valence-corrected chi connectivity index (χ2v) is 8.77. The van der Waals surface area contributed by atoms with Gasteiger partial charge in [0.1, 0.15) is 24.7 Å². The van der Waals surface area contributed by atoms with Gasteiger partial charge in [0.05, 0.1) is 17.9 Å². The number of rotatable bonds is 9. The molecule has 178 valence electrons. The van der Waals surface area contributed by atoms with Crippen molar-refractivity contribution in [2.24, 2.45) is 0 Å². The van der Waals surface area contributed by atoms with Gasteiger partial charge in [-0.3, -0.25) is 14.5 Å². The van der Waals surface area contributed by atoms with Gasteiger partial charge in [-0.15, -0.1) is 0 Å². The van der Waals surface area contributed by atoms with Crippen LogP contribution in [0.2, 0.25) is 0 Å². The molecule has 1 saturated carbocycles. The highest BCUT2D eigenvalue weighted by Crippen LogP contribution is 2.49. The molecule has 0 bridgehead atoms. The zero-order valence-corrected chi connectivity index (χ0v) is 19.2. The molecule has 2 aliphatic heterocycles. The molecule has 2 aromatic rings. The average Bonchev–Trinajstić information content (AvgIpc) is 3.63. The van der Waals surface area contributed by atoms with E-state index in [0.29, 0.717) is 23.6 Å². The van der Waals surface area contributed by atoms with Crippen LogP contribution in [0.4, 0.5) is 5.69 Å². The Morgan fingerprint density at radius 1 is 0.971 bits per heavy atom. The molecule has 0 aromatic heterocycles. The summed E-state index contributed by atoms with van der Waals surface area (Å²) in [6.45, 7) is 2.86. The summed E-state index contributed by atoms with van der Waals surface area (Å²) < 4.78 is 16.9. The predicted octanol–water partition coefficient (Wildman–Crippen LogP) is 3.54. The van der Waals surface area contributed by atoms with Gasteiger partial charge >= 0.3 is 5.97 Å². The Bertz CT molecular complexity index is 1100. The van der Waals surface area contributed by atoms with Crippen LogP contribution >= 0.6 is 0 Å². The Kier molecular flexibility index (Phi) is 5.89. The minimum Gasteiger partial charge on any atom is -0.494 e. The number of benzene rings is 2. The van der Waals surface area contributed by atoms with Crippen molar-refractivity contribution in [3.05, 3.63) is 54.1 Å². The van der Waals surface area contributed by atoms with Crippen LogP contribution in [-0.4, -0.2) is 54.2 Å². The van der Waals surface area contributed by atoms with E-state index in [1.807, 2.05) is 19.1 Å². The van der Waals surface area contributed by atoms with Gasteiger partial charge in [0.25, 0.3) is 5.91 Å². The van der Waals surface area contributed by atoms with E-state index < -0.39 is 11.6 Å². The van der Waals surface area contributed by atoms with Gasteiger partial charge in [0.2, 0.25) is 11.6 Å². The van der Waals surface area contributed by atoms with Crippen LogP contribution in [0.15, 0.2) is 48.5 Å². The van der Waals surface area contributed by atoms with Crippen molar-refractivity contribution in [1.82, 2.24) is 4.90 Å². The second-order valence-electron chi connectivity index (χ2n) is 8.77. The summed E-state index contributed by atoms with van der Waals surface area (Å²) in [7, 11) is 0. The highest BCUT2D eigenvalue weighted by Gasteiger charge is 2.64. The Balaban J connectivity index is 1.29. The monoisotopic (exact) mass is 464 g/mol. The Labute approximate surface area is 198 Å². The van der Waals surface area contributed by atoms with Crippen LogP contribution in [0.1, 0.15) is 49.4 Å². The molecule has 0 spiro atoms. The van der Waals surface area contributed by atoms with Crippen molar-refractivity contribution < 1.29 is 28.6 Å². The number of nitrogens with zero attached hydrogens (tertiary/aromatic N) is 2. The lowest BCUT2D eigenvalue weighted by molar-refractivity contribution is -0.158. The standard InChI is InChI=1S/C26H28N2O6/c1-2-15-32-19-9-11-20(12-10-19)33-16-17-34-25(31)26-14-13-23(29)28(26)22-6-4-3-5-21(22)24(30)27(26)18-7-8-18/h3-6,9-12,18H,2,7-8,13-17H2,1H3. The molecule has 0 N–H and O–H groups in total. The first-order valence-corrected chi connectivity index (χ1v) is 11.8. The molecule has 34 heavy (non-hydrogen) atoms. The minimum absolute atomic E-state index is 0.00500. The number of amides is 2. The largest absolute Gasteiger partial charge is 0.494 e. The molecule has 2 aromatic carbocycles. The second kappa shape index (κ2) is 9.00. The number of carbonyl (C=O) groups excluding carboxylic acids is 3. The van der Waals surface area contributed by atoms with E-state index in [9.17, 15) is 14.4 Å². The molecule has 2 heterocycles. The van der Waals surface area contributed by atoms with Crippen molar-refractivity contribution in [1.29, 1.82) is 0 Å². The molecule has 1 saturated heterocycles. The van der Waals surface area contributed by atoms with E-state index >= 15 is 0 Å². The van der Waals surface area contributed by atoms with E-state index in [1.54, 1.807) is 41.3 Å². The van der Waals surface area contributed by atoms with Crippen molar-refractivity contribution >= 4 is 23.5 Å². The molecule has 2 fully saturated rings. The van der Waals surface area contributed by atoms with E-state index in [0.717, 1.165) is 25.0 Å². The summed E-state index contributed by atoms with van der Waals surface area (Å²) in [5.74, 6) is 0.428. The van der Waals surface area contributed by atoms with Crippen LogP contribution < -0.4 is 14.4 Å². The fourth-order valence-corrected chi connectivity index (χ4v) is 4.77. The normalized spacial score (nSPS) is 21.2. The number of ether oxygens (including phenoxy) is 3. The van der Waals surface area contributed by atoms with Gasteiger partial charge in [0, 0.05) is 18.9 Å². The molecule has 8 heteroatoms. The van der Waals surface area contributed by atoms with Crippen molar-refractivity contribution in [3.8, 4) is 11.5 Å². The Morgan fingerprint density at radius 2 is 1.65 bits per heavy atom. The van der Waals surface area contributed by atoms with Crippen LogP contribution in [0.25, 0.3) is 0 Å². The lowest BCUT2D eigenvalue weighted by Crippen LogP contribution is -2.69. The minimum atomic E-state index is -1.43. The first kappa shape index (κ1) is 22.3. The third-order valence-corrected chi connectivity index (χ3v) is 6.42. The van der Waals surface area contributed by atoms with Crippen LogP contribution in [0.3, 0.4) is 0 Å². The van der Waals surface area contributed by atoms with Crippen molar-refractivity contribution in [3.63, 3.8) is 0 Å². The van der Waals surface area contributed by atoms with Crippen LogP contribution in [0, 0.1) is 0 Å². The summed E-state index contributed by atoms with van der Waals surface area (Å²) in [6, 6.07) is 14.2. The zero-order valence-electron chi connectivity index (χ0n) is 19.2. The van der Waals surface area contributed by atoms with Gasteiger partial charge in [-0.05, 0) is 55.7 Å². The summed E-state index contributed by atoms with van der Waals surface area (Å²) in [6.07, 6.45) is 2.96. The highest BCUT2D eigenvalue weighted by atomic mass is 16.6. The van der Waals surface area contributed by atoms with E-state index in [4.69, 9.17) is 14.2 Å². The third-order valence-electron chi connectivity index (χ3n) is 6.42. The van der Waals surface area contributed by atoms with Gasteiger partial charge in [-0.1, -0.05) is 19.1 Å². The van der Waals surface area contributed by atoms with Crippen molar-refractivity contribution in [2.75, 3.05) is 24.7 Å². The number of carbonyl (C=O) groups is 3. The Morgan fingerprint density at radius 3 is 2.32 bits per heavy atom. The average molecular weight is 465 g/mol. The van der Waals surface area contributed by atoms with Gasteiger partial charge in [0.15, 0.2) is 0 Å². The fourth-order valence-electron chi connectivity index (χ4n) is 4.77. The lowest BCUT2D eigenvalue weighted by atomic mass is 9.96. The Hall–Kier alpha value is -3.55. The smallest absolute Gasteiger partial charge is 0.353 e. The van der Waals surface area contributed by atoms with Crippen LogP contribution in [-0.2, 0) is 14.3 Å². The molecule has 2 amide bonds. The number of esters is 1. The maximum absolute atomic E-state index is 13.5. The number of hydrogen-bond donors (Lipinski definition) is 0. The molecular formula is C26H28N2O6. The van der Waals surface area contributed by atoms with Crippen molar-refractivity contribution in [2.45, 2.75) is 50.7 Å². The fraction of sp³-hybridized carbons (Fsp3) is 0.423. The lowest BCUT2D eigenvalue weighted by Gasteiger charge is -2.48. The van der Waals surface area contributed by atoms with E-state index in [2.05, 4.69) is 0 Å². The predicted molar refractivity (Wildman–Crippen MR) is 124 cm³/mol. The molecule has 0 radical (unpaired) electrons. The summed E-state index contributed by atoms with van der Waals surface area (Å²) in [4.78, 5) is 42.9.